The van der Waals surface area contributed by atoms with Crippen molar-refractivity contribution < 1.29 is 13.2 Å². The van der Waals surface area contributed by atoms with E-state index in [4.69, 9.17) is 0 Å². The molecular formula is C13H14F3N. The Morgan fingerprint density at radius 1 is 1.29 bits per heavy atom. The lowest BCUT2D eigenvalue weighted by molar-refractivity contribution is -0.137. The van der Waals surface area contributed by atoms with Crippen molar-refractivity contribution in [2.45, 2.75) is 12.7 Å². The van der Waals surface area contributed by atoms with E-state index in [1.54, 1.807) is 18.2 Å². The van der Waals surface area contributed by atoms with Crippen molar-refractivity contribution in [2.24, 2.45) is 0 Å². The van der Waals surface area contributed by atoms with Crippen LogP contribution in [0.4, 0.5) is 13.2 Å². The summed E-state index contributed by atoms with van der Waals surface area (Å²) < 4.78 is 37.2. The van der Waals surface area contributed by atoms with E-state index in [9.17, 15) is 13.2 Å². The number of allylic oxidation sites excluding steroid dienone is 2. The van der Waals surface area contributed by atoms with Gasteiger partial charge < -0.3 is 5.32 Å². The average Bonchev–Trinajstić information content (AvgIpc) is 2.28. The van der Waals surface area contributed by atoms with Gasteiger partial charge in [0.15, 0.2) is 0 Å². The monoisotopic (exact) mass is 241 g/mol. The average molecular weight is 241 g/mol. The topological polar surface area (TPSA) is 12.0 Å². The molecule has 0 bridgehead atoms. The molecule has 0 aromatic heterocycles. The highest BCUT2D eigenvalue weighted by Gasteiger charge is 2.30. The first-order valence-corrected chi connectivity index (χ1v) is 5.18. The maximum Gasteiger partial charge on any atom is 0.416 e. The molecule has 1 nitrogen and oxygen atoms in total. The Morgan fingerprint density at radius 2 is 2.06 bits per heavy atom. The Balaban J connectivity index is 2.55. The summed E-state index contributed by atoms with van der Waals surface area (Å²) in [5.74, 6) is 0. The molecule has 0 heterocycles. The Labute approximate surface area is 98.7 Å². The van der Waals surface area contributed by atoms with E-state index < -0.39 is 11.7 Å². The molecule has 0 saturated carbocycles. The molecule has 0 amide bonds. The van der Waals surface area contributed by atoms with Gasteiger partial charge in [-0.15, -0.1) is 0 Å². The Kier molecular flexibility index (Phi) is 4.97. The summed E-state index contributed by atoms with van der Waals surface area (Å²) in [5.41, 5.74) is 0.00487. The van der Waals surface area contributed by atoms with Crippen molar-refractivity contribution in [3.05, 3.63) is 60.2 Å². The fraction of sp³-hybridized carbons (Fsp3) is 0.231. The minimum atomic E-state index is -4.28. The van der Waals surface area contributed by atoms with Gasteiger partial charge in [0.1, 0.15) is 0 Å². The first-order chi connectivity index (χ1) is 8.04. The second-order valence-corrected chi connectivity index (χ2v) is 3.49. The fourth-order valence-electron chi connectivity index (χ4n) is 1.32. The van der Waals surface area contributed by atoms with Crippen molar-refractivity contribution in [1.29, 1.82) is 0 Å². The number of nitrogens with one attached hydrogen (secondary N) is 1. The maximum absolute atomic E-state index is 12.4. The van der Waals surface area contributed by atoms with Crippen molar-refractivity contribution in [1.82, 2.24) is 5.32 Å². The second kappa shape index (κ2) is 6.25. The van der Waals surface area contributed by atoms with E-state index in [1.807, 2.05) is 6.08 Å². The van der Waals surface area contributed by atoms with Gasteiger partial charge in [0, 0.05) is 13.1 Å². The van der Waals surface area contributed by atoms with Crippen LogP contribution in [0.2, 0.25) is 0 Å². The number of rotatable bonds is 5. The van der Waals surface area contributed by atoms with Crippen LogP contribution in [0.3, 0.4) is 0 Å². The molecule has 1 aromatic rings. The molecule has 1 N–H and O–H groups in total. The number of hydrogen-bond acceptors (Lipinski definition) is 1. The van der Waals surface area contributed by atoms with Gasteiger partial charge in [-0.1, -0.05) is 43.0 Å². The SMILES string of the molecule is C=CC=CCNCc1cccc(C(F)(F)F)c1. The van der Waals surface area contributed by atoms with Crippen LogP contribution in [0.1, 0.15) is 11.1 Å². The molecule has 4 heteroatoms. The zero-order valence-electron chi connectivity index (χ0n) is 9.30. The molecule has 1 rings (SSSR count). The van der Waals surface area contributed by atoms with Gasteiger partial charge in [0.2, 0.25) is 0 Å². The summed E-state index contributed by atoms with van der Waals surface area (Å²) in [4.78, 5) is 0. The van der Waals surface area contributed by atoms with Crippen LogP contribution < -0.4 is 5.32 Å². The van der Waals surface area contributed by atoms with E-state index in [1.165, 1.54) is 6.07 Å². The van der Waals surface area contributed by atoms with E-state index in [0.29, 0.717) is 18.7 Å². The molecule has 1 aromatic carbocycles. The number of hydrogen-bond donors (Lipinski definition) is 1. The third-order valence-corrected chi connectivity index (χ3v) is 2.12. The molecule has 0 radical (unpaired) electrons. The first-order valence-electron chi connectivity index (χ1n) is 5.18. The molecule has 0 aliphatic heterocycles. The van der Waals surface area contributed by atoms with Crippen molar-refractivity contribution in [2.75, 3.05) is 6.54 Å². The molecule has 0 saturated heterocycles. The summed E-state index contributed by atoms with van der Waals surface area (Å²) in [5, 5.41) is 3.01. The van der Waals surface area contributed by atoms with Gasteiger partial charge in [0.05, 0.1) is 5.56 Å². The van der Waals surface area contributed by atoms with Gasteiger partial charge in [0.25, 0.3) is 0 Å². The maximum atomic E-state index is 12.4. The van der Waals surface area contributed by atoms with E-state index in [0.717, 1.165) is 12.1 Å². The Bertz CT molecular complexity index is 394. The van der Waals surface area contributed by atoms with Crippen molar-refractivity contribution in [3.63, 3.8) is 0 Å². The molecule has 0 unspecified atom stereocenters. The van der Waals surface area contributed by atoms with Gasteiger partial charge in [-0.2, -0.15) is 13.2 Å². The standard InChI is InChI=1S/C13H14F3N/c1-2-3-4-8-17-10-11-6-5-7-12(9-11)13(14,15)16/h2-7,9,17H,1,8,10H2. The summed E-state index contributed by atoms with van der Waals surface area (Å²) in [6.45, 7) is 4.52. The Hall–Kier alpha value is -1.55. The lowest BCUT2D eigenvalue weighted by Gasteiger charge is -2.08. The largest absolute Gasteiger partial charge is 0.416 e. The molecule has 17 heavy (non-hydrogen) atoms. The normalized spacial score (nSPS) is 11.9. The zero-order chi connectivity index (χ0) is 12.7. The highest BCUT2D eigenvalue weighted by Crippen LogP contribution is 2.29. The Morgan fingerprint density at radius 3 is 2.71 bits per heavy atom. The molecule has 0 fully saturated rings. The van der Waals surface area contributed by atoms with E-state index in [-0.39, 0.29) is 0 Å². The highest BCUT2D eigenvalue weighted by atomic mass is 19.4. The summed E-state index contributed by atoms with van der Waals surface area (Å²) in [6.07, 6.45) is 0.991. The predicted octanol–water partition coefficient (Wildman–Crippen LogP) is 3.54. The summed E-state index contributed by atoms with van der Waals surface area (Å²) in [7, 11) is 0. The van der Waals surface area contributed by atoms with Crippen LogP contribution in [0.5, 0.6) is 0 Å². The van der Waals surface area contributed by atoms with Crippen LogP contribution in [-0.4, -0.2) is 6.54 Å². The van der Waals surface area contributed by atoms with Crippen LogP contribution in [-0.2, 0) is 12.7 Å². The van der Waals surface area contributed by atoms with Crippen molar-refractivity contribution >= 4 is 0 Å². The molecule has 92 valence electrons. The lowest BCUT2D eigenvalue weighted by Crippen LogP contribution is -2.13. The van der Waals surface area contributed by atoms with Crippen LogP contribution >= 0.6 is 0 Å². The summed E-state index contributed by atoms with van der Waals surface area (Å²) >= 11 is 0. The summed E-state index contributed by atoms with van der Waals surface area (Å²) in [6, 6.07) is 5.31. The van der Waals surface area contributed by atoms with Crippen LogP contribution in [0, 0.1) is 0 Å². The smallest absolute Gasteiger partial charge is 0.309 e. The molecule has 0 aliphatic carbocycles. The lowest BCUT2D eigenvalue weighted by atomic mass is 10.1. The number of benzene rings is 1. The van der Waals surface area contributed by atoms with Gasteiger partial charge in [-0.05, 0) is 11.6 Å². The molecule has 0 aliphatic rings. The third kappa shape index (κ3) is 4.87. The van der Waals surface area contributed by atoms with E-state index >= 15 is 0 Å². The predicted molar refractivity (Wildman–Crippen MR) is 62.5 cm³/mol. The van der Waals surface area contributed by atoms with Gasteiger partial charge in [-0.25, -0.2) is 0 Å². The van der Waals surface area contributed by atoms with Gasteiger partial charge in [-0.3, -0.25) is 0 Å². The van der Waals surface area contributed by atoms with Crippen LogP contribution in [0.25, 0.3) is 0 Å². The minimum Gasteiger partial charge on any atom is -0.309 e. The number of alkyl halides is 3. The fourth-order valence-corrected chi connectivity index (χ4v) is 1.32. The second-order valence-electron chi connectivity index (χ2n) is 3.49. The van der Waals surface area contributed by atoms with Crippen molar-refractivity contribution in [3.8, 4) is 0 Å². The molecule has 0 spiro atoms. The van der Waals surface area contributed by atoms with Crippen LogP contribution in [0.15, 0.2) is 49.1 Å². The van der Waals surface area contributed by atoms with Gasteiger partial charge >= 0.3 is 6.18 Å². The first kappa shape index (κ1) is 13.5. The highest BCUT2D eigenvalue weighted by molar-refractivity contribution is 5.25. The van der Waals surface area contributed by atoms with E-state index in [2.05, 4.69) is 11.9 Å². The number of halogens is 3. The minimum absolute atomic E-state index is 0.408. The quantitative estimate of drug-likeness (QED) is 0.614. The third-order valence-electron chi connectivity index (χ3n) is 2.12. The molecular weight excluding hydrogens is 227 g/mol. The molecule has 0 atom stereocenters. The zero-order valence-corrected chi connectivity index (χ0v) is 9.30.